The highest BCUT2D eigenvalue weighted by Crippen LogP contribution is 2.25. The van der Waals surface area contributed by atoms with Crippen molar-refractivity contribution in [2.45, 2.75) is 0 Å². The second-order valence-corrected chi connectivity index (χ2v) is 5.54. The summed E-state index contributed by atoms with van der Waals surface area (Å²) >= 11 is 6.11. The number of rotatable bonds is 4. The zero-order valence-corrected chi connectivity index (χ0v) is 13.7. The molecular weight excluding hydrogens is 328 g/mol. The molecule has 0 fully saturated rings. The number of hydrogen-bond acceptors (Lipinski definition) is 4. The van der Waals surface area contributed by atoms with E-state index in [0.717, 1.165) is 0 Å². The first-order valence-electron chi connectivity index (χ1n) is 7.32. The van der Waals surface area contributed by atoms with E-state index in [-0.39, 0.29) is 12.5 Å². The first-order valence-corrected chi connectivity index (χ1v) is 7.70. The Morgan fingerprint density at radius 3 is 2.67 bits per heavy atom. The van der Waals surface area contributed by atoms with Crippen molar-refractivity contribution in [2.75, 3.05) is 18.9 Å². The summed E-state index contributed by atoms with van der Waals surface area (Å²) in [7, 11) is 1.54. The van der Waals surface area contributed by atoms with Crippen molar-refractivity contribution < 1.29 is 4.79 Å². The van der Waals surface area contributed by atoms with Gasteiger partial charge < -0.3 is 10.6 Å². The maximum absolute atomic E-state index is 12.5. The topological polar surface area (TPSA) is 76.0 Å². The zero-order chi connectivity index (χ0) is 17.1. The van der Waals surface area contributed by atoms with Crippen LogP contribution in [0.2, 0.25) is 5.02 Å². The van der Waals surface area contributed by atoms with Crippen LogP contribution in [-0.4, -0.2) is 29.1 Å². The molecule has 2 N–H and O–H groups in total. The van der Waals surface area contributed by atoms with E-state index in [9.17, 15) is 9.59 Å². The maximum Gasteiger partial charge on any atom is 0.354 e. The van der Waals surface area contributed by atoms with Gasteiger partial charge in [0.25, 0.3) is 0 Å². The highest BCUT2D eigenvalue weighted by molar-refractivity contribution is 6.31. The number of anilines is 1. The number of halogens is 1. The number of fused-ring (bicyclic) bond motifs is 1. The highest BCUT2D eigenvalue weighted by atomic mass is 35.5. The summed E-state index contributed by atoms with van der Waals surface area (Å²) in [5, 5.41) is 6.62. The summed E-state index contributed by atoms with van der Waals surface area (Å²) in [5.41, 5.74) is 0.864. The standard InChI is InChI=1S/C17H15ClN4O2/c1-19-15(23)10-20-16-13-8-7-11(18)9-14(13)22(17(24)21-16)12-5-3-2-4-6-12/h2-9H,10H2,1H3,(H,19,23)(H,20,21,24). The number of para-hydroxylation sites is 1. The van der Waals surface area contributed by atoms with Gasteiger partial charge in [0, 0.05) is 17.5 Å². The second kappa shape index (κ2) is 6.72. The van der Waals surface area contributed by atoms with Crippen molar-refractivity contribution >= 4 is 34.2 Å². The van der Waals surface area contributed by atoms with E-state index in [2.05, 4.69) is 15.6 Å². The number of carbonyl (C=O) groups is 1. The summed E-state index contributed by atoms with van der Waals surface area (Å²) < 4.78 is 1.49. The third kappa shape index (κ3) is 3.09. The molecule has 0 aliphatic heterocycles. The van der Waals surface area contributed by atoms with Crippen LogP contribution in [0.4, 0.5) is 5.82 Å². The number of hydrogen-bond donors (Lipinski definition) is 2. The Kier molecular flexibility index (Phi) is 4.48. The van der Waals surface area contributed by atoms with Crippen molar-refractivity contribution in [2.24, 2.45) is 0 Å². The third-order valence-corrected chi connectivity index (χ3v) is 3.80. The zero-order valence-electron chi connectivity index (χ0n) is 12.9. The smallest absolute Gasteiger partial charge is 0.354 e. The summed E-state index contributed by atoms with van der Waals surface area (Å²) in [6.45, 7) is 0.0238. The molecule has 24 heavy (non-hydrogen) atoms. The predicted octanol–water partition coefficient (Wildman–Crippen LogP) is 2.20. The van der Waals surface area contributed by atoms with Gasteiger partial charge in [0.05, 0.1) is 17.7 Å². The minimum atomic E-state index is -0.449. The van der Waals surface area contributed by atoms with Gasteiger partial charge in [-0.05, 0) is 30.3 Å². The Morgan fingerprint density at radius 2 is 1.96 bits per heavy atom. The quantitative estimate of drug-likeness (QED) is 0.762. The number of aromatic nitrogens is 2. The molecule has 0 unspecified atom stereocenters. The van der Waals surface area contributed by atoms with Gasteiger partial charge >= 0.3 is 5.69 Å². The average molecular weight is 343 g/mol. The Labute approximate surface area is 143 Å². The molecule has 7 heteroatoms. The molecule has 0 atom stereocenters. The predicted molar refractivity (Wildman–Crippen MR) is 94.9 cm³/mol. The van der Waals surface area contributed by atoms with Gasteiger partial charge in [0.1, 0.15) is 5.82 Å². The van der Waals surface area contributed by atoms with Gasteiger partial charge in [-0.2, -0.15) is 4.98 Å². The van der Waals surface area contributed by atoms with Crippen LogP contribution in [0.25, 0.3) is 16.6 Å². The lowest BCUT2D eigenvalue weighted by Gasteiger charge is -2.13. The van der Waals surface area contributed by atoms with Crippen LogP contribution in [0.5, 0.6) is 0 Å². The van der Waals surface area contributed by atoms with Crippen LogP contribution in [0.3, 0.4) is 0 Å². The van der Waals surface area contributed by atoms with Crippen LogP contribution >= 0.6 is 11.6 Å². The fraction of sp³-hybridized carbons (Fsp3) is 0.118. The van der Waals surface area contributed by atoms with E-state index in [1.807, 2.05) is 30.3 Å². The molecule has 1 amide bonds. The number of nitrogens with one attached hydrogen (secondary N) is 2. The van der Waals surface area contributed by atoms with Crippen LogP contribution in [0.15, 0.2) is 53.3 Å². The molecule has 6 nitrogen and oxygen atoms in total. The third-order valence-electron chi connectivity index (χ3n) is 3.56. The van der Waals surface area contributed by atoms with Gasteiger partial charge in [-0.15, -0.1) is 0 Å². The molecule has 1 heterocycles. The molecule has 0 bridgehead atoms. The molecule has 1 aromatic heterocycles. The van der Waals surface area contributed by atoms with E-state index < -0.39 is 5.69 Å². The van der Waals surface area contributed by atoms with Crippen molar-refractivity contribution in [3.63, 3.8) is 0 Å². The molecular formula is C17H15ClN4O2. The van der Waals surface area contributed by atoms with E-state index >= 15 is 0 Å². The van der Waals surface area contributed by atoms with Gasteiger partial charge in [0.15, 0.2) is 0 Å². The number of benzene rings is 2. The van der Waals surface area contributed by atoms with Gasteiger partial charge in [0.2, 0.25) is 5.91 Å². The molecule has 0 aliphatic rings. The molecule has 0 radical (unpaired) electrons. The molecule has 0 saturated heterocycles. The van der Waals surface area contributed by atoms with E-state index in [0.29, 0.717) is 27.4 Å². The molecule has 3 aromatic rings. The Bertz CT molecular complexity index is 954. The summed E-state index contributed by atoms with van der Waals surface area (Å²) in [6.07, 6.45) is 0. The molecule has 122 valence electrons. The maximum atomic E-state index is 12.5. The SMILES string of the molecule is CNC(=O)CNc1nc(=O)n(-c2ccccc2)c2cc(Cl)ccc12. The number of amides is 1. The van der Waals surface area contributed by atoms with E-state index in [1.165, 1.54) is 4.57 Å². The molecule has 2 aromatic carbocycles. The lowest BCUT2D eigenvalue weighted by atomic mass is 10.2. The van der Waals surface area contributed by atoms with Crippen molar-refractivity contribution in [1.82, 2.24) is 14.9 Å². The van der Waals surface area contributed by atoms with Crippen molar-refractivity contribution in [3.05, 3.63) is 64.0 Å². The first-order chi connectivity index (χ1) is 11.6. The van der Waals surface area contributed by atoms with Gasteiger partial charge in [-0.1, -0.05) is 29.8 Å². The highest BCUT2D eigenvalue weighted by Gasteiger charge is 2.13. The van der Waals surface area contributed by atoms with Crippen LogP contribution < -0.4 is 16.3 Å². The lowest BCUT2D eigenvalue weighted by molar-refractivity contribution is -0.118. The van der Waals surface area contributed by atoms with Crippen LogP contribution in [0, 0.1) is 0 Å². The Hall–Kier alpha value is -2.86. The van der Waals surface area contributed by atoms with Gasteiger partial charge in [-0.25, -0.2) is 4.79 Å². The Balaban J connectivity index is 2.21. The number of nitrogens with zero attached hydrogens (tertiary/aromatic N) is 2. The summed E-state index contributed by atoms with van der Waals surface area (Å²) in [6, 6.07) is 14.4. The number of carbonyl (C=O) groups excluding carboxylic acids is 1. The Morgan fingerprint density at radius 1 is 1.21 bits per heavy atom. The van der Waals surface area contributed by atoms with Gasteiger partial charge in [-0.3, -0.25) is 9.36 Å². The second-order valence-electron chi connectivity index (χ2n) is 5.10. The molecule has 0 spiro atoms. The monoisotopic (exact) mass is 342 g/mol. The first kappa shape index (κ1) is 16.0. The summed E-state index contributed by atoms with van der Waals surface area (Å²) in [4.78, 5) is 28.1. The average Bonchev–Trinajstić information content (AvgIpc) is 2.59. The summed E-state index contributed by atoms with van der Waals surface area (Å²) in [5.74, 6) is 0.147. The lowest BCUT2D eigenvalue weighted by Crippen LogP contribution is -2.28. The van der Waals surface area contributed by atoms with Crippen LogP contribution in [-0.2, 0) is 4.79 Å². The van der Waals surface area contributed by atoms with Crippen molar-refractivity contribution in [3.8, 4) is 5.69 Å². The minimum absolute atomic E-state index is 0.0238. The van der Waals surface area contributed by atoms with E-state index in [1.54, 1.807) is 25.2 Å². The minimum Gasteiger partial charge on any atom is -0.360 e. The van der Waals surface area contributed by atoms with E-state index in [4.69, 9.17) is 11.6 Å². The number of likely N-dealkylation sites (N-methyl/N-ethyl adjacent to an activating group) is 1. The van der Waals surface area contributed by atoms with Crippen molar-refractivity contribution in [1.29, 1.82) is 0 Å². The normalized spacial score (nSPS) is 10.6. The fourth-order valence-electron chi connectivity index (χ4n) is 2.41. The fourth-order valence-corrected chi connectivity index (χ4v) is 2.58. The molecule has 0 saturated carbocycles. The van der Waals surface area contributed by atoms with Crippen LogP contribution in [0.1, 0.15) is 0 Å². The molecule has 3 rings (SSSR count). The molecule has 0 aliphatic carbocycles. The largest absolute Gasteiger partial charge is 0.360 e.